The van der Waals surface area contributed by atoms with Crippen LogP contribution >= 0.6 is 0 Å². The van der Waals surface area contributed by atoms with Crippen molar-refractivity contribution < 1.29 is 0 Å². The van der Waals surface area contributed by atoms with Crippen LogP contribution in [-0.2, 0) is 0 Å². The van der Waals surface area contributed by atoms with Crippen LogP contribution in [0.3, 0.4) is 0 Å². The van der Waals surface area contributed by atoms with Gasteiger partial charge >= 0.3 is 0 Å². The summed E-state index contributed by atoms with van der Waals surface area (Å²) in [5.41, 5.74) is 37.8. The zero-order valence-corrected chi connectivity index (χ0v) is 43.4. The topological polar surface area (TPSA) is 0 Å². The minimum atomic E-state index is 1.20. The summed E-state index contributed by atoms with van der Waals surface area (Å²) in [5.74, 6) is 0. The maximum absolute atomic E-state index is 2.52. The molecule has 0 saturated heterocycles. The van der Waals surface area contributed by atoms with Gasteiger partial charge in [0.05, 0.1) is 0 Å². The average Bonchev–Trinajstić information content (AvgIpc) is 3.14. The molecule has 1 aliphatic carbocycles. The fourth-order valence-electron chi connectivity index (χ4n) is 11.9. The summed E-state index contributed by atoms with van der Waals surface area (Å²) in [5, 5.41) is 0. The molecule has 0 bridgehead atoms. The molecule has 0 nitrogen and oxygen atoms in total. The third-order valence-corrected chi connectivity index (χ3v) is 13.7. The number of hydrogen-bond donors (Lipinski definition) is 0. The fraction of sp³-hybridized carbons (Fsp3) is 0.273. The molecule has 336 valence electrons. The molecule has 0 radical (unpaired) electrons. The molecule has 0 heteroatoms. The summed E-state index contributed by atoms with van der Waals surface area (Å²) in [6.45, 7) is 40.8. The molecule has 7 rings (SSSR count). The van der Waals surface area contributed by atoms with Crippen molar-refractivity contribution in [3.63, 3.8) is 0 Å². The molecule has 0 aliphatic heterocycles. The summed E-state index contributed by atoms with van der Waals surface area (Å²) < 4.78 is 0. The molecule has 6 aromatic carbocycles. The molecule has 0 fully saturated rings. The molecule has 66 heavy (non-hydrogen) atoms. The highest BCUT2D eigenvalue weighted by Gasteiger charge is 2.21. The quantitative estimate of drug-likeness (QED) is 0.156. The third-order valence-electron chi connectivity index (χ3n) is 13.7. The Morgan fingerprint density at radius 2 is 0.242 bits per heavy atom. The lowest BCUT2D eigenvalue weighted by Crippen LogP contribution is -2.02. The largest absolute Gasteiger partial charge is 0.0557 e. The van der Waals surface area contributed by atoms with E-state index in [4.69, 9.17) is 0 Å². The maximum atomic E-state index is 2.52. The Labute approximate surface area is 399 Å². The van der Waals surface area contributed by atoms with Gasteiger partial charge in [-0.1, -0.05) is 106 Å². The number of hydrogen-bond acceptors (Lipinski definition) is 0. The van der Waals surface area contributed by atoms with Crippen molar-refractivity contribution in [2.24, 2.45) is 0 Å². The highest BCUT2D eigenvalue weighted by atomic mass is 14.3. The van der Waals surface area contributed by atoms with E-state index in [1.54, 1.807) is 0 Å². The second kappa shape index (κ2) is 18.9. The van der Waals surface area contributed by atoms with E-state index < -0.39 is 0 Å². The van der Waals surface area contributed by atoms with Crippen molar-refractivity contribution in [1.29, 1.82) is 0 Å². The zero-order valence-electron chi connectivity index (χ0n) is 43.4. The van der Waals surface area contributed by atoms with Gasteiger partial charge in [-0.15, -0.1) is 0 Å². The first-order chi connectivity index (χ1) is 31.1. The van der Waals surface area contributed by atoms with Gasteiger partial charge in [0, 0.05) is 0 Å². The fourth-order valence-corrected chi connectivity index (χ4v) is 11.9. The van der Waals surface area contributed by atoms with Gasteiger partial charge in [-0.2, -0.15) is 0 Å². The first-order valence-electron chi connectivity index (χ1n) is 23.9. The van der Waals surface area contributed by atoms with Gasteiger partial charge in [-0.25, -0.2) is 0 Å². The molecule has 0 saturated carbocycles. The molecule has 6 aromatic rings. The van der Waals surface area contributed by atoms with Gasteiger partial charge in [-0.05, 0) is 295 Å². The van der Waals surface area contributed by atoms with Gasteiger partial charge in [-0.3, -0.25) is 0 Å². The highest BCUT2D eigenvalue weighted by molar-refractivity contribution is 6.05. The monoisotopic (exact) mass is 865 g/mol. The Hall–Kier alpha value is -6.24. The van der Waals surface area contributed by atoms with Gasteiger partial charge in [0.25, 0.3) is 0 Å². The predicted octanol–water partition coefficient (Wildman–Crippen LogP) is 18.1. The van der Waals surface area contributed by atoms with Crippen LogP contribution in [0.25, 0.3) is 33.4 Å². The molecule has 0 aromatic heterocycles. The van der Waals surface area contributed by atoms with Crippen LogP contribution in [0.4, 0.5) is 0 Å². The second-order valence-corrected chi connectivity index (χ2v) is 20.2. The van der Waals surface area contributed by atoms with Crippen LogP contribution in [0, 0.1) is 125 Å². The Morgan fingerprint density at radius 1 is 0.152 bits per heavy atom. The van der Waals surface area contributed by atoms with Crippen molar-refractivity contribution in [3.8, 4) is 0 Å². The van der Waals surface area contributed by atoms with Gasteiger partial charge in [0.15, 0.2) is 0 Å². The Bertz CT molecular complexity index is 2460. The van der Waals surface area contributed by atoms with E-state index in [9.17, 15) is 0 Å². The molecule has 0 unspecified atom stereocenters. The van der Waals surface area contributed by atoms with E-state index in [0.29, 0.717) is 0 Å². The van der Waals surface area contributed by atoms with Gasteiger partial charge < -0.3 is 0 Å². The highest BCUT2D eigenvalue weighted by Crippen LogP contribution is 2.42. The minimum absolute atomic E-state index is 1.20. The molecular formula is C66H72. The first kappa shape index (κ1) is 47.7. The van der Waals surface area contributed by atoms with E-state index in [1.165, 1.54) is 167 Å². The van der Waals surface area contributed by atoms with Crippen LogP contribution in [0.2, 0.25) is 0 Å². The lowest BCUT2D eigenvalue weighted by molar-refractivity contribution is 1.28. The van der Waals surface area contributed by atoms with Crippen molar-refractivity contribution in [2.75, 3.05) is 0 Å². The van der Waals surface area contributed by atoms with Crippen LogP contribution in [0.1, 0.15) is 134 Å². The van der Waals surface area contributed by atoms with Crippen LogP contribution in [-0.4, -0.2) is 0 Å². The number of aryl methyl sites for hydroxylation is 18. The van der Waals surface area contributed by atoms with E-state index in [-0.39, 0.29) is 0 Å². The number of allylic oxidation sites excluding steroid dienone is 12. The number of benzene rings is 6. The second-order valence-electron chi connectivity index (χ2n) is 20.2. The van der Waals surface area contributed by atoms with Gasteiger partial charge in [0.2, 0.25) is 0 Å². The Balaban J connectivity index is 1.82. The van der Waals surface area contributed by atoms with E-state index >= 15 is 0 Å². The maximum Gasteiger partial charge on any atom is -0.0125 e. The van der Waals surface area contributed by atoms with Crippen LogP contribution in [0.5, 0.6) is 0 Å². The predicted molar refractivity (Wildman–Crippen MR) is 292 cm³/mol. The van der Waals surface area contributed by atoms with Crippen LogP contribution in [0.15, 0.2) is 109 Å². The molecule has 0 amide bonds. The average molecular weight is 865 g/mol. The molecule has 0 heterocycles. The summed E-state index contributed by atoms with van der Waals surface area (Å²) >= 11 is 0. The Morgan fingerprint density at radius 3 is 0.333 bits per heavy atom. The zero-order chi connectivity index (χ0) is 48.0. The molecule has 1 aliphatic rings. The minimum Gasteiger partial charge on any atom is -0.0557 e. The van der Waals surface area contributed by atoms with Gasteiger partial charge in [0.1, 0.15) is 0 Å². The number of rotatable bonds is 6. The van der Waals surface area contributed by atoms with Crippen molar-refractivity contribution in [1.82, 2.24) is 0 Å². The van der Waals surface area contributed by atoms with E-state index in [1.807, 2.05) is 0 Å². The molecule has 0 atom stereocenters. The normalized spacial score (nSPS) is 18.3. The molecular weight excluding hydrogens is 793 g/mol. The lowest BCUT2D eigenvalue weighted by Gasteiger charge is -2.22. The van der Waals surface area contributed by atoms with Crippen molar-refractivity contribution >= 4 is 33.4 Å². The van der Waals surface area contributed by atoms with E-state index in [2.05, 4.69) is 234 Å². The first-order valence-corrected chi connectivity index (χ1v) is 23.9. The molecule has 0 N–H and O–H groups in total. The van der Waals surface area contributed by atoms with Crippen LogP contribution < -0.4 is 0 Å². The summed E-state index contributed by atoms with van der Waals surface area (Å²) in [6.07, 6.45) is 15.1. The summed E-state index contributed by atoms with van der Waals surface area (Å²) in [6, 6.07) is 28.2. The smallest absolute Gasteiger partial charge is 0.0125 e. The van der Waals surface area contributed by atoms with Crippen molar-refractivity contribution in [3.05, 3.63) is 243 Å². The van der Waals surface area contributed by atoms with E-state index in [0.717, 1.165) is 0 Å². The summed E-state index contributed by atoms with van der Waals surface area (Å²) in [7, 11) is 0. The summed E-state index contributed by atoms with van der Waals surface area (Å²) in [4.78, 5) is 0. The standard InChI is InChI=1S/C66H72/c1-37-19-43(7)61(44(8)20-37)55-31-56(62-45(9)21-38(2)22-46(62)10)33-58(64-49(13)25-40(4)26-50(64)14)35-60(66-53(17)29-42(6)30-54(66)18)36-59(65-51(15)27-41(5)28-52(65)16)34-57(32-55)63-47(11)23-39(3)24-48(63)12/h19-36H,1-18H3/b55-31+,55-32?,56-31?,56-33+,57-32+,57-34?,58-33?,58-35+,59-34+,59-36?,60-35?,60-36+. The van der Waals surface area contributed by atoms with Crippen molar-refractivity contribution in [2.45, 2.75) is 125 Å². The SMILES string of the molecule is Cc1cc(C)c(C2=C/C(c3c(C)cc(C)cc3C)=C\C(c3c(C)cc(C)cc3C)=C/C(c3c(C)cc(C)cc3C)=C\C(c3c(C)cc(C)cc3C)=C/C(c3c(C)cc(C)cc3C)=C\2)c(C)c1. The lowest BCUT2D eigenvalue weighted by atomic mass is 9.82. The molecule has 0 spiro atoms. The third kappa shape index (κ3) is 9.81. The Kier molecular flexibility index (Phi) is 13.7.